The van der Waals surface area contributed by atoms with Crippen molar-refractivity contribution in [3.63, 3.8) is 0 Å². The van der Waals surface area contributed by atoms with E-state index in [-0.39, 0.29) is 0 Å². The van der Waals surface area contributed by atoms with Crippen molar-refractivity contribution in [3.05, 3.63) is 0 Å². The largest absolute Gasteiger partial charge is 0.396 e. The molecular weight excluding hydrogens is 422 g/mol. The van der Waals surface area contributed by atoms with Gasteiger partial charge in [-0.25, -0.2) is 0 Å². The highest BCUT2D eigenvalue weighted by atomic mass is 16.3. The van der Waals surface area contributed by atoms with E-state index in [1.54, 1.807) is 0 Å². The molecule has 0 aromatic heterocycles. The Bertz CT molecular complexity index is 326. The fourth-order valence-corrected chi connectivity index (χ4v) is 4.47. The minimum atomic E-state index is 0.353. The molecule has 0 atom stereocenters. The smallest absolute Gasteiger partial charge is 0.0431 e. The van der Waals surface area contributed by atoms with E-state index in [2.05, 4.69) is 22.6 Å². The van der Waals surface area contributed by atoms with Gasteiger partial charge >= 0.3 is 0 Å². The standard InChI is InChI=1S/C29H63N3O2/c1-32(26-18-10-8-16-24-30-22-14-6-2-4-12-20-28-33)27-19-11-9-17-25-31-23-15-7-3-5-13-21-29-34/h30-31,33-34H,2-29H2,1H3. The molecule has 5 heteroatoms. The number of unbranched alkanes of at least 4 members (excludes halogenated alkanes) is 16. The van der Waals surface area contributed by atoms with Gasteiger partial charge in [0, 0.05) is 13.2 Å². The first kappa shape index (κ1) is 33.8. The Morgan fingerprint density at radius 3 is 0.971 bits per heavy atom. The molecular formula is C29H63N3O2. The highest BCUT2D eigenvalue weighted by Crippen LogP contribution is 2.06. The predicted molar refractivity (Wildman–Crippen MR) is 150 cm³/mol. The number of hydrogen-bond donors (Lipinski definition) is 4. The summed E-state index contributed by atoms with van der Waals surface area (Å²) in [6.07, 6.45) is 25.5. The van der Waals surface area contributed by atoms with Gasteiger partial charge in [-0.3, -0.25) is 0 Å². The summed E-state index contributed by atoms with van der Waals surface area (Å²) in [6.45, 7) is 7.92. The Morgan fingerprint density at radius 1 is 0.382 bits per heavy atom. The molecule has 0 saturated carbocycles. The lowest BCUT2D eigenvalue weighted by Crippen LogP contribution is -2.21. The Labute approximate surface area is 213 Å². The first-order valence-corrected chi connectivity index (χ1v) is 15.1. The molecule has 0 rings (SSSR count). The van der Waals surface area contributed by atoms with Gasteiger partial charge in [0.05, 0.1) is 0 Å². The maximum Gasteiger partial charge on any atom is 0.0431 e. The Kier molecular flexibility index (Phi) is 30.6. The van der Waals surface area contributed by atoms with Crippen molar-refractivity contribution in [2.75, 3.05) is 59.5 Å². The monoisotopic (exact) mass is 485 g/mol. The molecule has 0 aliphatic heterocycles. The minimum Gasteiger partial charge on any atom is -0.396 e. The van der Waals surface area contributed by atoms with E-state index in [0.29, 0.717) is 13.2 Å². The van der Waals surface area contributed by atoms with Crippen molar-refractivity contribution >= 4 is 0 Å². The molecule has 0 amide bonds. The zero-order chi connectivity index (χ0) is 24.8. The van der Waals surface area contributed by atoms with E-state index < -0.39 is 0 Å². The van der Waals surface area contributed by atoms with E-state index in [1.165, 1.54) is 155 Å². The van der Waals surface area contributed by atoms with Gasteiger partial charge < -0.3 is 25.7 Å². The molecule has 0 aromatic carbocycles. The average molecular weight is 486 g/mol. The fourth-order valence-electron chi connectivity index (χ4n) is 4.47. The van der Waals surface area contributed by atoms with Crippen molar-refractivity contribution < 1.29 is 10.2 Å². The third-order valence-corrected chi connectivity index (χ3v) is 6.81. The maximum absolute atomic E-state index is 8.76. The number of hydrogen-bond acceptors (Lipinski definition) is 5. The van der Waals surface area contributed by atoms with Gasteiger partial charge in [-0.1, -0.05) is 77.0 Å². The second kappa shape index (κ2) is 30.8. The maximum atomic E-state index is 8.76. The number of nitrogens with zero attached hydrogens (tertiary/aromatic N) is 1. The molecule has 0 fully saturated rings. The van der Waals surface area contributed by atoms with Crippen LogP contribution in [-0.2, 0) is 0 Å². The Hall–Kier alpha value is -0.200. The quantitative estimate of drug-likeness (QED) is 0.0956. The van der Waals surface area contributed by atoms with E-state index in [1.807, 2.05) is 0 Å². The molecule has 0 saturated heterocycles. The van der Waals surface area contributed by atoms with Crippen LogP contribution in [0.2, 0.25) is 0 Å². The lowest BCUT2D eigenvalue weighted by atomic mass is 10.1. The zero-order valence-corrected chi connectivity index (χ0v) is 23.1. The van der Waals surface area contributed by atoms with Gasteiger partial charge in [0.2, 0.25) is 0 Å². The summed E-state index contributed by atoms with van der Waals surface area (Å²) in [4.78, 5) is 2.53. The van der Waals surface area contributed by atoms with Gasteiger partial charge in [-0.15, -0.1) is 0 Å². The van der Waals surface area contributed by atoms with E-state index in [9.17, 15) is 0 Å². The molecule has 4 N–H and O–H groups in total. The molecule has 0 unspecified atom stereocenters. The third-order valence-electron chi connectivity index (χ3n) is 6.81. The number of aliphatic hydroxyl groups is 2. The summed E-state index contributed by atoms with van der Waals surface area (Å²) in [7, 11) is 2.29. The summed E-state index contributed by atoms with van der Waals surface area (Å²) < 4.78 is 0. The first-order chi connectivity index (χ1) is 16.8. The average Bonchev–Trinajstić information content (AvgIpc) is 2.84. The molecule has 0 radical (unpaired) electrons. The van der Waals surface area contributed by atoms with E-state index in [0.717, 1.165) is 12.8 Å². The highest BCUT2D eigenvalue weighted by Gasteiger charge is 1.99. The summed E-state index contributed by atoms with van der Waals surface area (Å²) in [5, 5.41) is 24.7. The second-order valence-electron chi connectivity index (χ2n) is 10.3. The molecule has 34 heavy (non-hydrogen) atoms. The van der Waals surface area contributed by atoms with Crippen molar-refractivity contribution in [3.8, 4) is 0 Å². The Balaban J connectivity index is 3.13. The fraction of sp³-hybridized carbons (Fsp3) is 1.00. The van der Waals surface area contributed by atoms with Crippen LogP contribution in [-0.4, -0.2) is 74.6 Å². The molecule has 0 aromatic rings. The van der Waals surface area contributed by atoms with Gasteiger partial charge in [-0.05, 0) is 97.7 Å². The molecule has 0 aliphatic rings. The third kappa shape index (κ3) is 29.8. The van der Waals surface area contributed by atoms with Gasteiger partial charge in [-0.2, -0.15) is 0 Å². The van der Waals surface area contributed by atoms with E-state index >= 15 is 0 Å². The first-order valence-electron chi connectivity index (χ1n) is 15.1. The summed E-state index contributed by atoms with van der Waals surface area (Å²) in [5.74, 6) is 0. The molecule has 0 spiro atoms. The molecule has 206 valence electrons. The van der Waals surface area contributed by atoms with Crippen LogP contribution in [0.1, 0.15) is 128 Å². The van der Waals surface area contributed by atoms with Crippen LogP contribution in [0.25, 0.3) is 0 Å². The lowest BCUT2D eigenvalue weighted by molar-refractivity contribution is 0.282. The van der Waals surface area contributed by atoms with Crippen molar-refractivity contribution in [1.82, 2.24) is 15.5 Å². The minimum absolute atomic E-state index is 0.353. The molecule has 0 bridgehead atoms. The summed E-state index contributed by atoms with van der Waals surface area (Å²) in [6, 6.07) is 0. The van der Waals surface area contributed by atoms with Crippen LogP contribution < -0.4 is 10.6 Å². The molecule has 0 aliphatic carbocycles. The molecule has 0 heterocycles. The predicted octanol–water partition coefficient (Wildman–Crippen LogP) is 5.88. The van der Waals surface area contributed by atoms with Crippen molar-refractivity contribution in [1.29, 1.82) is 0 Å². The van der Waals surface area contributed by atoms with Gasteiger partial charge in [0.25, 0.3) is 0 Å². The van der Waals surface area contributed by atoms with Crippen LogP contribution in [0.15, 0.2) is 0 Å². The number of nitrogens with one attached hydrogen (secondary N) is 2. The van der Waals surface area contributed by atoms with Crippen LogP contribution in [0.5, 0.6) is 0 Å². The van der Waals surface area contributed by atoms with E-state index in [4.69, 9.17) is 10.2 Å². The SMILES string of the molecule is CN(CCCCCCNCCCCCCCCO)CCCCCCNCCCCCCCCO. The van der Waals surface area contributed by atoms with Crippen LogP contribution in [0, 0.1) is 0 Å². The van der Waals surface area contributed by atoms with Crippen LogP contribution in [0.4, 0.5) is 0 Å². The topological polar surface area (TPSA) is 67.8 Å². The van der Waals surface area contributed by atoms with Gasteiger partial charge in [0.1, 0.15) is 0 Å². The summed E-state index contributed by atoms with van der Waals surface area (Å²) in [5.41, 5.74) is 0. The van der Waals surface area contributed by atoms with Crippen LogP contribution in [0.3, 0.4) is 0 Å². The highest BCUT2D eigenvalue weighted by molar-refractivity contribution is 4.56. The van der Waals surface area contributed by atoms with Crippen molar-refractivity contribution in [2.45, 2.75) is 128 Å². The van der Waals surface area contributed by atoms with Crippen molar-refractivity contribution in [2.24, 2.45) is 0 Å². The summed E-state index contributed by atoms with van der Waals surface area (Å²) >= 11 is 0. The second-order valence-corrected chi connectivity index (χ2v) is 10.3. The molecule has 5 nitrogen and oxygen atoms in total. The number of rotatable bonds is 30. The number of aliphatic hydroxyl groups excluding tert-OH is 2. The van der Waals surface area contributed by atoms with Gasteiger partial charge in [0.15, 0.2) is 0 Å². The zero-order valence-electron chi connectivity index (χ0n) is 23.1. The van der Waals surface area contributed by atoms with Crippen LogP contribution >= 0.6 is 0 Å². The Morgan fingerprint density at radius 2 is 0.647 bits per heavy atom. The lowest BCUT2D eigenvalue weighted by Gasteiger charge is -2.16. The normalized spacial score (nSPS) is 11.6.